The van der Waals surface area contributed by atoms with Gasteiger partial charge in [-0.25, -0.2) is 8.78 Å². The molecule has 0 aliphatic carbocycles. The van der Waals surface area contributed by atoms with Crippen molar-refractivity contribution >= 4 is 0 Å². The molecular weight excluding hydrogens is 272 g/mol. The fraction of sp³-hybridized carbons (Fsp3) is 0.294. The van der Waals surface area contributed by atoms with Gasteiger partial charge in [-0.3, -0.25) is 0 Å². The van der Waals surface area contributed by atoms with Crippen LogP contribution in [0.2, 0.25) is 0 Å². The molecule has 0 atom stereocenters. The smallest absolute Gasteiger partial charge is 0.198 e. The minimum absolute atomic E-state index is 0.357. The zero-order valence-electron chi connectivity index (χ0n) is 12.5. The van der Waals surface area contributed by atoms with Crippen LogP contribution in [0.3, 0.4) is 0 Å². The number of hydrogen-bond donors (Lipinski definition) is 1. The van der Waals surface area contributed by atoms with Crippen molar-refractivity contribution in [1.82, 2.24) is 5.32 Å². The van der Waals surface area contributed by atoms with Gasteiger partial charge in [-0.2, -0.15) is 0 Å². The third-order valence-corrected chi connectivity index (χ3v) is 3.19. The molecule has 4 heteroatoms. The van der Waals surface area contributed by atoms with E-state index in [9.17, 15) is 8.78 Å². The summed E-state index contributed by atoms with van der Waals surface area (Å²) in [4.78, 5) is 0. The number of nitrogens with one attached hydrogen (secondary N) is 1. The molecule has 0 fully saturated rings. The topological polar surface area (TPSA) is 21.3 Å². The van der Waals surface area contributed by atoms with Gasteiger partial charge in [0.2, 0.25) is 0 Å². The lowest BCUT2D eigenvalue weighted by atomic mass is 10.1. The third kappa shape index (κ3) is 3.79. The van der Waals surface area contributed by atoms with Gasteiger partial charge in [0.05, 0.1) is 0 Å². The predicted octanol–water partition coefficient (Wildman–Crippen LogP) is 4.48. The largest absolute Gasteiger partial charge is 0.451 e. The van der Waals surface area contributed by atoms with Crippen molar-refractivity contribution in [2.75, 3.05) is 6.54 Å². The second kappa shape index (κ2) is 6.68. The molecule has 21 heavy (non-hydrogen) atoms. The van der Waals surface area contributed by atoms with Gasteiger partial charge in [0.1, 0.15) is 5.75 Å². The summed E-state index contributed by atoms with van der Waals surface area (Å²) in [6.07, 6.45) is 0. The summed E-state index contributed by atoms with van der Waals surface area (Å²) in [5.41, 5.74) is 2.36. The van der Waals surface area contributed by atoms with Crippen molar-refractivity contribution < 1.29 is 13.5 Å². The van der Waals surface area contributed by atoms with Crippen LogP contribution in [0.15, 0.2) is 30.3 Å². The van der Waals surface area contributed by atoms with E-state index in [0.29, 0.717) is 17.9 Å². The van der Waals surface area contributed by atoms with E-state index in [-0.39, 0.29) is 5.75 Å². The van der Waals surface area contributed by atoms with Crippen LogP contribution in [0.4, 0.5) is 8.78 Å². The number of rotatable bonds is 5. The van der Waals surface area contributed by atoms with Crippen molar-refractivity contribution in [2.24, 2.45) is 0 Å². The van der Waals surface area contributed by atoms with Gasteiger partial charge in [0.15, 0.2) is 17.4 Å². The molecule has 0 bridgehead atoms. The molecule has 0 spiro atoms. The molecule has 0 unspecified atom stereocenters. The summed E-state index contributed by atoms with van der Waals surface area (Å²) < 4.78 is 33.6. The Balaban J connectivity index is 2.30. The van der Waals surface area contributed by atoms with E-state index in [0.717, 1.165) is 17.7 Å². The zero-order chi connectivity index (χ0) is 15.4. The predicted molar refractivity (Wildman–Crippen MR) is 79.7 cm³/mol. The fourth-order valence-electron chi connectivity index (χ4n) is 2.01. The number of halogens is 2. The lowest BCUT2D eigenvalue weighted by Gasteiger charge is -2.12. The molecule has 0 radical (unpaired) electrons. The van der Waals surface area contributed by atoms with Crippen LogP contribution in [0.1, 0.15) is 23.6 Å². The number of ether oxygens (including phenoxy) is 1. The molecule has 1 N–H and O–H groups in total. The van der Waals surface area contributed by atoms with Gasteiger partial charge in [-0.15, -0.1) is 0 Å². The van der Waals surface area contributed by atoms with E-state index in [2.05, 4.69) is 5.32 Å². The normalized spacial score (nSPS) is 10.7. The number of hydrogen-bond acceptors (Lipinski definition) is 2. The summed E-state index contributed by atoms with van der Waals surface area (Å²) in [6.45, 7) is 6.84. The van der Waals surface area contributed by atoms with Gasteiger partial charge >= 0.3 is 0 Å². The van der Waals surface area contributed by atoms with Crippen LogP contribution in [-0.2, 0) is 6.54 Å². The highest BCUT2D eigenvalue weighted by Gasteiger charge is 2.14. The Kier molecular flexibility index (Phi) is 4.91. The van der Waals surface area contributed by atoms with Gasteiger partial charge < -0.3 is 10.1 Å². The van der Waals surface area contributed by atoms with Crippen LogP contribution in [0, 0.1) is 25.5 Å². The Morgan fingerprint density at radius 2 is 1.71 bits per heavy atom. The molecule has 2 aromatic carbocycles. The maximum atomic E-state index is 14.1. The highest BCUT2D eigenvalue weighted by Crippen LogP contribution is 2.31. The molecule has 2 rings (SSSR count). The Bertz CT molecular complexity index is 618. The summed E-state index contributed by atoms with van der Waals surface area (Å²) >= 11 is 0. The molecule has 112 valence electrons. The van der Waals surface area contributed by atoms with Crippen LogP contribution >= 0.6 is 0 Å². The maximum absolute atomic E-state index is 14.1. The number of aryl methyl sites for hydroxylation is 2. The molecular formula is C17H19F2NO. The molecule has 0 saturated heterocycles. The average molecular weight is 291 g/mol. The molecule has 0 aliphatic rings. The standard InChI is InChI=1S/C17H19F2NO/c1-4-20-10-13-8-14(18)17(15(19)9-13)21-16-7-11(2)5-6-12(16)3/h5-9,20H,4,10H2,1-3H3. The van der Waals surface area contributed by atoms with E-state index in [1.165, 1.54) is 12.1 Å². The van der Waals surface area contributed by atoms with Crippen LogP contribution in [0.5, 0.6) is 11.5 Å². The fourth-order valence-corrected chi connectivity index (χ4v) is 2.01. The highest BCUT2D eigenvalue weighted by molar-refractivity contribution is 5.41. The minimum atomic E-state index is -0.691. The first kappa shape index (κ1) is 15.4. The van der Waals surface area contributed by atoms with E-state index in [4.69, 9.17) is 4.74 Å². The Morgan fingerprint density at radius 1 is 1.05 bits per heavy atom. The molecule has 0 amide bonds. The molecule has 2 aromatic rings. The third-order valence-electron chi connectivity index (χ3n) is 3.19. The quantitative estimate of drug-likeness (QED) is 0.876. The highest BCUT2D eigenvalue weighted by atomic mass is 19.1. The summed E-state index contributed by atoms with van der Waals surface area (Å²) in [5, 5.41) is 3.03. The maximum Gasteiger partial charge on any atom is 0.198 e. The number of benzene rings is 2. The van der Waals surface area contributed by atoms with Crippen LogP contribution in [-0.4, -0.2) is 6.54 Å². The first-order chi connectivity index (χ1) is 10.0. The monoisotopic (exact) mass is 291 g/mol. The summed E-state index contributed by atoms with van der Waals surface area (Å²) in [7, 11) is 0. The lowest BCUT2D eigenvalue weighted by Crippen LogP contribution is -2.12. The second-order valence-electron chi connectivity index (χ2n) is 5.04. The van der Waals surface area contributed by atoms with E-state index in [1.807, 2.05) is 32.9 Å². The Labute approximate surface area is 123 Å². The van der Waals surface area contributed by atoms with Crippen LogP contribution in [0.25, 0.3) is 0 Å². The molecule has 0 aliphatic heterocycles. The SMILES string of the molecule is CCNCc1cc(F)c(Oc2cc(C)ccc2C)c(F)c1. The second-order valence-corrected chi connectivity index (χ2v) is 5.04. The van der Waals surface area contributed by atoms with Crippen molar-refractivity contribution in [3.8, 4) is 11.5 Å². The summed E-state index contributed by atoms with van der Waals surface area (Å²) in [5.74, 6) is -1.27. The van der Waals surface area contributed by atoms with E-state index >= 15 is 0 Å². The lowest BCUT2D eigenvalue weighted by molar-refractivity contribution is 0.404. The first-order valence-electron chi connectivity index (χ1n) is 6.95. The van der Waals surface area contributed by atoms with Crippen molar-refractivity contribution in [1.29, 1.82) is 0 Å². The van der Waals surface area contributed by atoms with Gasteiger partial charge in [-0.05, 0) is 55.3 Å². The minimum Gasteiger partial charge on any atom is -0.451 e. The molecule has 0 heterocycles. The van der Waals surface area contributed by atoms with Gasteiger partial charge in [0.25, 0.3) is 0 Å². The summed E-state index contributed by atoms with van der Waals surface area (Å²) in [6, 6.07) is 8.15. The molecule has 2 nitrogen and oxygen atoms in total. The van der Waals surface area contributed by atoms with E-state index < -0.39 is 11.6 Å². The van der Waals surface area contributed by atoms with Gasteiger partial charge in [0, 0.05) is 6.54 Å². The van der Waals surface area contributed by atoms with Crippen molar-refractivity contribution in [3.63, 3.8) is 0 Å². The first-order valence-corrected chi connectivity index (χ1v) is 6.95. The average Bonchev–Trinajstić information content (AvgIpc) is 2.44. The Hall–Kier alpha value is -1.94. The van der Waals surface area contributed by atoms with Crippen molar-refractivity contribution in [3.05, 3.63) is 58.7 Å². The Morgan fingerprint density at radius 3 is 2.33 bits per heavy atom. The van der Waals surface area contributed by atoms with Gasteiger partial charge in [-0.1, -0.05) is 19.1 Å². The van der Waals surface area contributed by atoms with E-state index in [1.54, 1.807) is 6.07 Å². The molecule has 0 aromatic heterocycles. The molecule has 0 saturated carbocycles. The van der Waals surface area contributed by atoms with Crippen molar-refractivity contribution in [2.45, 2.75) is 27.3 Å². The zero-order valence-corrected chi connectivity index (χ0v) is 12.5. The van der Waals surface area contributed by atoms with Crippen LogP contribution < -0.4 is 10.1 Å².